The summed E-state index contributed by atoms with van der Waals surface area (Å²) in [5.74, 6) is 0.822. The Morgan fingerprint density at radius 1 is 1.04 bits per heavy atom. The summed E-state index contributed by atoms with van der Waals surface area (Å²) in [6.07, 6.45) is 0.924. The Labute approximate surface area is 167 Å². The lowest BCUT2D eigenvalue weighted by molar-refractivity contribution is 0.467. The predicted molar refractivity (Wildman–Crippen MR) is 116 cm³/mol. The van der Waals surface area contributed by atoms with Crippen LogP contribution < -0.4 is 14.8 Å². The van der Waals surface area contributed by atoms with Gasteiger partial charge in [-0.25, -0.2) is 9.56 Å². The normalized spacial score (nSPS) is 11.4. The van der Waals surface area contributed by atoms with E-state index < -0.39 is 0 Å². The first-order valence-electron chi connectivity index (χ1n) is 10.4. The van der Waals surface area contributed by atoms with E-state index in [2.05, 4.69) is 56.2 Å². The molecule has 1 heterocycles. The third kappa shape index (κ3) is 3.34. The first kappa shape index (κ1) is 20.2. The Morgan fingerprint density at radius 3 is 2.29 bits per heavy atom. The van der Waals surface area contributed by atoms with E-state index in [1.54, 1.807) is 0 Å². The zero-order chi connectivity index (χ0) is 20.4. The van der Waals surface area contributed by atoms with Crippen molar-refractivity contribution in [1.82, 2.24) is 9.56 Å². The maximum Gasteiger partial charge on any atom is 0.210 e. The number of benzene rings is 2. The molecule has 0 aromatic heterocycles. The van der Waals surface area contributed by atoms with Crippen molar-refractivity contribution in [2.24, 2.45) is 0 Å². The minimum Gasteiger partial charge on any atom is -0.505 e. The Balaban J connectivity index is 2.39. The van der Waals surface area contributed by atoms with Crippen molar-refractivity contribution in [2.75, 3.05) is 31.1 Å². The fraction of sp³-hybridized carbons (Fsp3) is 0.478. The van der Waals surface area contributed by atoms with Gasteiger partial charge < -0.3 is 14.4 Å². The summed E-state index contributed by atoms with van der Waals surface area (Å²) >= 11 is 0. The molecule has 0 amide bonds. The summed E-state index contributed by atoms with van der Waals surface area (Å²) in [6.45, 7) is 16.4. The number of anilines is 1. The number of hydrogen-bond donors (Lipinski definition) is 1. The third-order valence-corrected chi connectivity index (χ3v) is 5.65. The van der Waals surface area contributed by atoms with Gasteiger partial charge in [0, 0.05) is 24.8 Å². The van der Waals surface area contributed by atoms with E-state index >= 15 is 0 Å². The number of aromatic hydroxyl groups is 1. The fourth-order valence-corrected chi connectivity index (χ4v) is 3.98. The van der Waals surface area contributed by atoms with Crippen LogP contribution in [0.4, 0.5) is 5.69 Å². The zero-order valence-corrected chi connectivity index (χ0v) is 18.0. The number of aryl methyl sites for hydroxylation is 1. The smallest absolute Gasteiger partial charge is 0.210 e. The highest BCUT2D eigenvalue weighted by atomic mass is 16.3. The summed E-state index contributed by atoms with van der Waals surface area (Å²) in [5.41, 5.74) is 5.52. The van der Waals surface area contributed by atoms with Crippen molar-refractivity contribution < 1.29 is 9.52 Å². The Morgan fingerprint density at radius 2 is 1.71 bits per heavy atom. The van der Waals surface area contributed by atoms with Crippen LogP contribution in [0.15, 0.2) is 22.6 Å². The van der Waals surface area contributed by atoms with E-state index in [0.29, 0.717) is 11.5 Å². The summed E-state index contributed by atoms with van der Waals surface area (Å²) in [6, 6.07) is 6.01. The lowest BCUT2D eigenvalue weighted by atomic mass is 10.1. The van der Waals surface area contributed by atoms with Gasteiger partial charge in [-0.05, 0) is 52.7 Å². The maximum absolute atomic E-state index is 10.7. The van der Waals surface area contributed by atoms with Crippen molar-refractivity contribution in [3.8, 4) is 17.2 Å². The molecule has 2 aliphatic rings. The van der Waals surface area contributed by atoms with Crippen molar-refractivity contribution in [3.05, 3.63) is 34.7 Å². The van der Waals surface area contributed by atoms with Crippen LogP contribution in [0.1, 0.15) is 45.7 Å². The number of phenols is 1. The Hall–Kier alpha value is -2.56. The van der Waals surface area contributed by atoms with Crippen LogP contribution in [0, 0.1) is 6.92 Å². The molecule has 1 aliphatic heterocycles. The second-order valence-electron chi connectivity index (χ2n) is 7.08. The minimum absolute atomic E-state index is 0.166. The first-order chi connectivity index (χ1) is 13.5. The average Bonchev–Trinajstić information content (AvgIpc) is 2.71. The van der Waals surface area contributed by atoms with Crippen LogP contribution in [0.2, 0.25) is 0 Å². The monoisotopic (exact) mass is 382 g/mol. The molecule has 1 N–H and O–H groups in total. The Bertz CT molecular complexity index is 1030. The van der Waals surface area contributed by atoms with Gasteiger partial charge in [-0.15, -0.1) is 0 Å². The van der Waals surface area contributed by atoms with E-state index in [-0.39, 0.29) is 5.75 Å². The Kier molecular flexibility index (Phi) is 5.92. The molecule has 0 saturated carbocycles. The number of aromatic nitrogens is 1. The molecule has 5 nitrogen and oxygen atoms in total. The van der Waals surface area contributed by atoms with E-state index in [1.165, 1.54) is 11.3 Å². The van der Waals surface area contributed by atoms with Crippen molar-refractivity contribution in [2.45, 2.75) is 48.0 Å². The number of nitrogens with zero attached hydrogens (tertiary/aromatic N) is 3. The average molecular weight is 383 g/mol. The molecule has 0 fully saturated rings. The lowest BCUT2D eigenvalue weighted by Gasteiger charge is -2.24. The van der Waals surface area contributed by atoms with Crippen LogP contribution in [0.3, 0.4) is 0 Å². The molecule has 0 radical (unpaired) electrons. The van der Waals surface area contributed by atoms with E-state index in [0.717, 1.165) is 54.6 Å². The van der Waals surface area contributed by atoms with Gasteiger partial charge >= 0.3 is 0 Å². The van der Waals surface area contributed by atoms with Gasteiger partial charge in [0.15, 0.2) is 17.1 Å². The van der Waals surface area contributed by atoms with Crippen LogP contribution in [-0.4, -0.2) is 36.3 Å². The number of rotatable bonds is 6. The molecule has 3 rings (SSSR count). The molecule has 150 valence electrons. The molecule has 0 unspecified atom stereocenters. The molecule has 5 heteroatoms. The van der Waals surface area contributed by atoms with Gasteiger partial charge in [-0.1, -0.05) is 6.92 Å². The third-order valence-electron chi connectivity index (χ3n) is 5.65. The molecule has 0 bridgehead atoms. The second-order valence-corrected chi connectivity index (χ2v) is 7.08. The number of phenolic OH excluding ortho intramolecular Hbond substituents is 1. The number of hydrogen-bond acceptors (Lipinski definition) is 4. The van der Waals surface area contributed by atoms with E-state index in [9.17, 15) is 5.11 Å². The van der Waals surface area contributed by atoms with Gasteiger partial charge in [0.2, 0.25) is 5.36 Å². The lowest BCUT2D eigenvalue weighted by Crippen LogP contribution is -2.32. The maximum atomic E-state index is 10.7. The molecule has 0 saturated heterocycles. The van der Waals surface area contributed by atoms with Crippen molar-refractivity contribution >= 4 is 16.8 Å². The highest BCUT2D eigenvalue weighted by molar-refractivity contribution is 5.83. The quantitative estimate of drug-likeness (QED) is 0.514. The van der Waals surface area contributed by atoms with E-state index in [1.807, 2.05) is 13.0 Å². The molecule has 0 atom stereocenters. The van der Waals surface area contributed by atoms with Gasteiger partial charge in [0.05, 0.1) is 11.6 Å². The van der Waals surface area contributed by atoms with E-state index in [4.69, 9.17) is 9.40 Å². The van der Waals surface area contributed by atoms with Crippen LogP contribution in [0.25, 0.3) is 22.6 Å². The molecular weight excluding hydrogens is 350 g/mol. The van der Waals surface area contributed by atoms with Crippen molar-refractivity contribution in [3.63, 3.8) is 0 Å². The zero-order valence-electron chi connectivity index (χ0n) is 18.0. The van der Waals surface area contributed by atoms with Crippen LogP contribution in [0.5, 0.6) is 5.75 Å². The highest BCUT2D eigenvalue weighted by Crippen LogP contribution is 2.35. The standard InChI is InChI=1S/C23H31N3O2/c1-7-16-12-17-21(14-19(16)26(10-4)11-5)28-23-15(6)18(25(8-2)9-3)13-20(27)22(23)24-17/h12-14H,7-11H2,1-6H3/p+1. The molecule has 0 spiro atoms. The SMILES string of the molecule is CCc1cc2nc3c(O)cc(=[N+](CC)CC)c(C)c-3oc2cc1N(CC)CC. The summed E-state index contributed by atoms with van der Waals surface area (Å²) < 4.78 is 8.56. The topological polar surface area (TPSA) is 52.5 Å². The second kappa shape index (κ2) is 8.21. The molecule has 1 aliphatic carbocycles. The molecule has 1 aromatic rings. The largest absolute Gasteiger partial charge is 0.505 e. The summed E-state index contributed by atoms with van der Waals surface area (Å²) in [7, 11) is 0. The predicted octanol–water partition coefficient (Wildman–Crippen LogP) is 4.17. The van der Waals surface area contributed by atoms with Gasteiger partial charge in [-0.3, -0.25) is 0 Å². The summed E-state index contributed by atoms with van der Waals surface area (Å²) in [4.78, 5) is 7.11. The first-order valence-corrected chi connectivity index (χ1v) is 10.4. The summed E-state index contributed by atoms with van der Waals surface area (Å²) in [5, 5.41) is 11.7. The van der Waals surface area contributed by atoms with Crippen LogP contribution >= 0.6 is 0 Å². The van der Waals surface area contributed by atoms with Crippen LogP contribution in [-0.2, 0) is 6.42 Å². The van der Waals surface area contributed by atoms with Gasteiger partial charge in [0.25, 0.3) is 0 Å². The molecular formula is C23H32N3O2+. The van der Waals surface area contributed by atoms with Gasteiger partial charge in [0.1, 0.15) is 24.3 Å². The molecule has 1 aromatic carbocycles. The van der Waals surface area contributed by atoms with Gasteiger partial charge in [-0.2, -0.15) is 0 Å². The van der Waals surface area contributed by atoms with Crippen molar-refractivity contribution in [1.29, 1.82) is 0 Å². The highest BCUT2D eigenvalue weighted by Gasteiger charge is 2.22. The molecule has 28 heavy (non-hydrogen) atoms. The fourth-order valence-electron chi connectivity index (χ4n) is 3.98. The minimum atomic E-state index is 0.166. The number of fused-ring (bicyclic) bond motifs is 2.